The third-order valence-corrected chi connectivity index (χ3v) is 5.00. The highest BCUT2D eigenvalue weighted by Gasteiger charge is 2.20. The highest BCUT2D eigenvalue weighted by Crippen LogP contribution is 2.21. The number of nitrogens with one attached hydrogen (secondary N) is 1. The van der Waals surface area contributed by atoms with Gasteiger partial charge in [-0.25, -0.2) is 18.6 Å². The Kier molecular flexibility index (Phi) is 6.70. The van der Waals surface area contributed by atoms with Crippen LogP contribution in [0.2, 0.25) is 0 Å². The van der Waals surface area contributed by atoms with E-state index in [2.05, 4.69) is 26.5 Å². The van der Waals surface area contributed by atoms with Crippen molar-refractivity contribution < 1.29 is 23.1 Å². The second-order valence-corrected chi connectivity index (χ2v) is 8.26. The zero-order chi connectivity index (χ0) is 20.0. The van der Waals surface area contributed by atoms with Gasteiger partial charge in [0, 0.05) is 10.0 Å². The number of carbonyl (C=O) groups is 2. The number of benzene rings is 2. The molecule has 27 heavy (non-hydrogen) atoms. The van der Waals surface area contributed by atoms with Crippen molar-refractivity contribution >= 4 is 49.7 Å². The molecule has 0 aromatic heterocycles. The van der Waals surface area contributed by atoms with Gasteiger partial charge in [-0.3, -0.25) is 9.10 Å². The Morgan fingerprint density at radius 3 is 2.56 bits per heavy atom. The second kappa shape index (κ2) is 8.78. The van der Waals surface area contributed by atoms with Gasteiger partial charge in [0.05, 0.1) is 23.7 Å². The number of hydrogen-bond acceptors (Lipinski definition) is 5. The van der Waals surface area contributed by atoms with Crippen LogP contribution < -0.4 is 9.73 Å². The van der Waals surface area contributed by atoms with E-state index in [-0.39, 0.29) is 5.56 Å². The third-order valence-electron chi connectivity index (χ3n) is 3.37. The molecule has 10 heteroatoms. The van der Waals surface area contributed by atoms with Crippen LogP contribution in [-0.2, 0) is 14.8 Å². The Morgan fingerprint density at radius 1 is 1.22 bits per heavy atom. The van der Waals surface area contributed by atoms with Crippen molar-refractivity contribution in [1.82, 2.24) is 5.43 Å². The largest absolute Gasteiger partial charge is 0.478 e. The molecule has 0 unspecified atom stereocenters. The summed E-state index contributed by atoms with van der Waals surface area (Å²) in [6.07, 6.45) is 2.18. The minimum atomic E-state index is -3.70. The molecule has 0 heterocycles. The van der Waals surface area contributed by atoms with E-state index in [1.807, 2.05) is 0 Å². The monoisotopic (exact) mass is 453 g/mol. The van der Waals surface area contributed by atoms with E-state index in [9.17, 15) is 18.0 Å². The summed E-state index contributed by atoms with van der Waals surface area (Å²) in [5, 5.41) is 12.8. The maximum absolute atomic E-state index is 12.1. The fourth-order valence-corrected chi connectivity index (χ4v) is 3.41. The molecule has 2 aromatic carbocycles. The number of amides is 1. The number of aromatic carboxylic acids is 1. The van der Waals surface area contributed by atoms with Gasteiger partial charge < -0.3 is 5.11 Å². The lowest BCUT2D eigenvalue weighted by atomic mass is 10.1. The van der Waals surface area contributed by atoms with E-state index in [1.54, 1.807) is 36.4 Å². The molecule has 0 aliphatic carbocycles. The molecule has 0 aliphatic rings. The maximum atomic E-state index is 12.1. The first-order valence-electron chi connectivity index (χ1n) is 7.56. The number of hydrogen-bond donors (Lipinski definition) is 2. The fourth-order valence-electron chi connectivity index (χ4n) is 2.18. The number of nitrogens with zero attached hydrogens (tertiary/aromatic N) is 2. The van der Waals surface area contributed by atoms with Crippen LogP contribution in [0.5, 0.6) is 0 Å². The molecule has 0 bridgehead atoms. The van der Waals surface area contributed by atoms with Crippen LogP contribution in [-0.4, -0.2) is 44.4 Å². The van der Waals surface area contributed by atoms with Crippen molar-refractivity contribution in [2.24, 2.45) is 5.10 Å². The SMILES string of the molecule is CS(=O)(=O)N(CC(=O)N/N=C/c1ccccc1C(=O)O)c1cccc(Br)c1. The Morgan fingerprint density at radius 2 is 1.93 bits per heavy atom. The van der Waals surface area contributed by atoms with Crippen molar-refractivity contribution in [2.45, 2.75) is 0 Å². The Hall–Kier alpha value is -2.72. The van der Waals surface area contributed by atoms with E-state index in [1.165, 1.54) is 18.3 Å². The smallest absolute Gasteiger partial charge is 0.336 e. The van der Waals surface area contributed by atoms with Crippen molar-refractivity contribution in [2.75, 3.05) is 17.1 Å². The summed E-state index contributed by atoms with van der Waals surface area (Å²) in [6, 6.07) is 12.7. The first kappa shape index (κ1) is 20.6. The van der Waals surface area contributed by atoms with Gasteiger partial charge in [-0.15, -0.1) is 0 Å². The predicted molar refractivity (Wildman–Crippen MR) is 105 cm³/mol. The number of hydrazone groups is 1. The Bertz CT molecular complexity index is 992. The third kappa shape index (κ3) is 5.90. The number of carboxylic acid groups (broad SMARTS) is 1. The van der Waals surface area contributed by atoms with Crippen LogP contribution in [0.25, 0.3) is 0 Å². The lowest BCUT2D eigenvalue weighted by Gasteiger charge is -2.21. The molecule has 2 N–H and O–H groups in total. The van der Waals surface area contributed by atoms with Gasteiger partial charge in [0.1, 0.15) is 6.54 Å². The minimum Gasteiger partial charge on any atom is -0.478 e. The first-order chi connectivity index (χ1) is 12.7. The highest BCUT2D eigenvalue weighted by atomic mass is 79.9. The number of carboxylic acids is 1. The van der Waals surface area contributed by atoms with Crippen LogP contribution in [0, 0.1) is 0 Å². The standard InChI is InChI=1S/C17H16BrN3O5S/c1-27(25,26)21(14-7-4-6-13(18)9-14)11-16(22)20-19-10-12-5-2-3-8-15(12)17(23)24/h2-10H,11H2,1H3,(H,20,22)(H,23,24)/b19-10+. The number of rotatable bonds is 7. The van der Waals surface area contributed by atoms with Crippen LogP contribution >= 0.6 is 15.9 Å². The normalized spacial score (nSPS) is 11.3. The summed E-state index contributed by atoms with van der Waals surface area (Å²) in [7, 11) is -3.70. The molecule has 1 amide bonds. The first-order valence-corrected chi connectivity index (χ1v) is 10.2. The molecule has 8 nitrogen and oxygen atoms in total. The Balaban J connectivity index is 2.12. The minimum absolute atomic E-state index is 0.0300. The van der Waals surface area contributed by atoms with Gasteiger partial charge in [-0.2, -0.15) is 5.10 Å². The van der Waals surface area contributed by atoms with Gasteiger partial charge in [-0.05, 0) is 24.3 Å². The van der Waals surface area contributed by atoms with Gasteiger partial charge in [-0.1, -0.05) is 40.2 Å². The van der Waals surface area contributed by atoms with Crippen LogP contribution in [0.4, 0.5) is 5.69 Å². The van der Waals surface area contributed by atoms with Crippen molar-refractivity contribution in [1.29, 1.82) is 0 Å². The average molecular weight is 454 g/mol. The Labute approximate surface area is 164 Å². The second-order valence-electron chi connectivity index (χ2n) is 5.44. The molecule has 2 rings (SSSR count). The summed E-state index contributed by atoms with van der Waals surface area (Å²) in [5.74, 6) is -1.80. The lowest BCUT2D eigenvalue weighted by Crippen LogP contribution is -2.39. The van der Waals surface area contributed by atoms with Gasteiger partial charge in [0.15, 0.2) is 0 Å². The summed E-state index contributed by atoms with van der Waals surface area (Å²) in [5.41, 5.74) is 2.86. The molecular weight excluding hydrogens is 438 g/mol. The summed E-state index contributed by atoms with van der Waals surface area (Å²) < 4.78 is 25.6. The number of anilines is 1. The molecule has 0 fully saturated rings. The molecule has 0 saturated heterocycles. The van der Waals surface area contributed by atoms with Crippen LogP contribution in [0.15, 0.2) is 58.1 Å². The number of halogens is 1. The quantitative estimate of drug-likeness (QED) is 0.491. The van der Waals surface area contributed by atoms with Gasteiger partial charge in [0.25, 0.3) is 5.91 Å². The molecular formula is C17H16BrN3O5S. The van der Waals surface area contributed by atoms with Gasteiger partial charge in [0.2, 0.25) is 10.0 Å². The van der Waals surface area contributed by atoms with E-state index < -0.39 is 28.4 Å². The zero-order valence-electron chi connectivity index (χ0n) is 14.2. The maximum Gasteiger partial charge on any atom is 0.336 e. The van der Waals surface area contributed by atoms with Crippen molar-refractivity contribution in [3.05, 3.63) is 64.1 Å². The molecule has 0 radical (unpaired) electrons. The molecule has 142 valence electrons. The van der Waals surface area contributed by atoms with Crippen LogP contribution in [0.3, 0.4) is 0 Å². The summed E-state index contributed by atoms with van der Waals surface area (Å²) >= 11 is 3.26. The highest BCUT2D eigenvalue weighted by molar-refractivity contribution is 9.10. The molecule has 2 aromatic rings. The summed E-state index contributed by atoms with van der Waals surface area (Å²) in [4.78, 5) is 23.2. The van der Waals surface area contributed by atoms with E-state index in [0.717, 1.165) is 10.6 Å². The molecule has 0 aliphatic heterocycles. The van der Waals surface area contributed by atoms with E-state index in [0.29, 0.717) is 15.7 Å². The van der Waals surface area contributed by atoms with Crippen molar-refractivity contribution in [3.63, 3.8) is 0 Å². The van der Waals surface area contributed by atoms with E-state index in [4.69, 9.17) is 5.11 Å². The lowest BCUT2D eigenvalue weighted by molar-refractivity contribution is -0.119. The number of sulfonamides is 1. The predicted octanol–water partition coefficient (Wildman–Crippen LogP) is 2.06. The van der Waals surface area contributed by atoms with E-state index >= 15 is 0 Å². The van der Waals surface area contributed by atoms with Gasteiger partial charge >= 0.3 is 5.97 Å². The molecule has 0 saturated carbocycles. The molecule has 0 spiro atoms. The fraction of sp³-hybridized carbons (Fsp3) is 0.118. The zero-order valence-corrected chi connectivity index (χ0v) is 16.6. The summed E-state index contributed by atoms with van der Waals surface area (Å²) in [6.45, 7) is -0.479. The molecule has 0 atom stereocenters. The number of carbonyl (C=O) groups excluding carboxylic acids is 1. The van der Waals surface area contributed by atoms with Crippen molar-refractivity contribution in [3.8, 4) is 0 Å². The van der Waals surface area contributed by atoms with Crippen LogP contribution in [0.1, 0.15) is 15.9 Å². The topological polar surface area (TPSA) is 116 Å². The average Bonchev–Trinajstić information content (AvgIpc) is 2.59.